The van der Waals surface area contributed by atoms with Crippen LogP contribution >= 0.6 is 0 Å². The van der Waals surface area contributed by atoms with E-state index in [4.69, 9.17) is 4.74 Å². The number of aliphatic hydroxyl groups excluding tert-OH is 1. The van der Waals surface area contributed by atoms with Crippen molar-refractivity contribution < 1.29 is 9.84 Å². The maximum Gasteiger partial charge on any atom is 0.125 e. The normalized spacial score (nSPS) is 26.7. The highest BCUT2D eigenvalue weighted by Gasteiger charge is 2.45. The predicted molar refractivity (Wildman–Crippen MR) is 58.0 cm³/mol. The van der Waals surface area contributed by atoms with Crippen LogP contribution in [0.25, 0.3) is 0 Å². The summed E-state index contributed by atoms with van der Waals surface area (Å²) in [7, 11) is 0. The van der Waals surface area contributed by atoms with Gasteiger partial charge in [0.15, 0.2) is 0 Å². The molecule has 80 valence electrons. The topological polar surface area (TPSA) is 29.5 Å². The summed E-state index contributed by atoms with van der Waals surface area (Å²) >= 11 is 0. The predicted octanol–water partition coefficient (Wildman–Crippen LogP) is 2.73. The van der Waals surface area contributed by atoms with Crippen LogP contribution < -0.4 is 4.74 Å². The lowest BCUT2D eigenvalue weighted by Gasteiger charge is -2.46. The standard InChI is InChI=1S/C13H16O2/c1-9-3-4-12-10(7-9)11(14)8-13(15-12)5-2-6-13/h3-4,7,11,14H,2,5-6,8H2,1H3. The van der Waals surface area contributed by atoms with Crippen LogP contribution in [0, 0.1) is 6.92 Å². The minimum Gasteiger partial charge on any atom is -0.487 e. The van der Waals surface area contributed by atoms with Crippen molar-refractivity contribution in [1.29, 1.82) is 0 Å². The molecule has 1 aliphatic heterocycles. The van der Waals surface area contributed by atoms with Crippen molar-refractivity contribution in [2.24, 2.45) is 0 Å². The molecule has 1 fully saturated rings. The van der Waals surface area contributed by atoms with E-state index in [1.807, 2.05) is 25.1 Å². The van der Waals surface area contributed by atoms with Gasteiger partial charge < -0.3 is 9.84 Å². The minimum absolute atomic E-state index is 0.0400. The highest BCUT2D eigenvalue weighted by molar-refractivity contribution is 5.41. The number of hydrogen-bond acceptors (Lipinski definition) is 2. The highest BCUT2D eigenvalue weighted by atomic mass is 16.5. The summed E-state index contributed by atoms with van der Waals surface area (Å²) in [5, 5.41) is 10.1. The second-order valence-corrected chi connectivity index (χ2v) is 4.90. The van der Waals surface area contributed by atoms with E-state index in [0.29, 0.717) is 0 Å². The first-order valence-corrected chi connectivity index (χ1v) is 5.66. The fourth-order valence-corrected chi connectivity index (χ4v) is 2.64. The molecule has 3 rings (SSSR count). The largest absolute Gasteiger partial charge is 0.487 e. The molecule has 2 heteroatoms. The van der Waals surface area contributed by atoms with E-state index < -0.39 is 0 Å². The van der Waals surface area contributed by atoms with E-state index in [1.54, 1.807) is 0 Å². The summed E-state index contributed by atoms with van der Waals surface area (Å²) in [5.74, 6) is 0.888. The molecular weight excluding hydrogens is 188 g/mol. The Bertz CT molecular complexity index is 394. The van der Waals surface area contributed by atoms with Gasteiger partial charge in [0.1, 0.15) is 11.4 Å². The molecule has 1 heterocycles. The van der Waals surface area contributed by atoms with Gasteiger partial charge in [0.05, 0.1) is 6.10 Å². The molecule has 1 N–H and O–H groups in total. The monoisotopic (exact) mass is 204 g/mol. The van der Waals surface area contributed by atoms with Crippen molar-refractivity contribution in [3.63, 3.8) is 0 Å². The van der Waals surface area contributed by atoms with Crippen LogP contribution in [0.5, 0.6) is 5.75 Å². The van der Waals surface area contributed by atoms with E-state index in [0.717, 1.165) is 30.6 Å². The molecule has 2 nitrogen and oxygen atoms in total. The number of ether oxygens (including phenoxy) is 1. The van der Waals surface area contributed by atoms with Gasteiger partial charge in [-0.1, -0.05) is 11.6 Å². The molecule has 0 saturated heterocycles. The first-order valence-electron chi connectivity index (χ1n) is 5.66. The Kier molecular flexibility index (Phi) is 1.84. The van der Waals surface area contributed by atoms with Crippen LogP contribution in [0.1, 0.15) is 42.9 Å². The molecule has 0 aromatic heterocycles. The summed E-state index contributed by atoms with van der Waals surface area (Å²) < 4.78 is 6.02. The third kappa shape index (κ3) is 1.36. The molecule has 1 aromatic carbocycles. The Balaban J connectivity index is 2.01. The zero-order chi connectivity index (χ0) is 10.5. The second-order valence-electron chi connectivity index (χ2n) is 4.90. The molecule has 1 atom stereocenters. The van der Waals surface area contributed by atoms with E-state index >= 15 is 0 Å². The number of aliphatic hydroxyl groups is 1. The third-order valence-electron chi connectivity index (χ3n) is 3.68. The smallest absolute Gasteiger partial charge is 0.125 e. The van der Waals surface area contributed by atoms with E-state index in [2.05, 4.69) is 0 Å². The summed E-state index contributed by atoms with van der Waals surface area (Å²) in [6, 6.07) is 6.07. The Labute approximate surface area is 89.9 Å². The molecule has 1 aliphatic carbocycles. The molecule has 0 bridgehead atoms. The number of benzene rings is 1. The number of rotatable bonds is 0. The second kappa shape index (κ2) is 2.99. The molecule has 0 radical (unpaired) electrons. The Morgan fingerprint density at radius 2 is 2.20 bits per heavy atom. The molecule has 1 saturated carbocycles. The van der Waals surface area contributed by atoms with Gasteiger partial charge in [-0.15, -0.1) is 0 Å². The van der Waals surface area contributed by atoms with Crippen LogP contribution in [-0.2, 0) is 0 Å². The molecule has 1 aromatic rings. The molecule has 15 heavy (non-hydrogen) atoms. The van der Waals surface area contributed by atoms with Crippen molar-refractivity contribution in [3.8, 4) is 5.75 Å². The van der Waals surface area contributed by atoms with Crippen molar-refractivity contribution >= 4 is 0 Å². The van der Waals surface area contributed by atoms with Crippen molar-refractivity contribution in [3.05, 3.63) is 29.3 Å². The minimum atomic E-state index is -0.339. The molecule has 2 aliphatic rings. The van der Waals surface area contributed by atoms with Gasteiger partial charge in [0.25, 0.3) is 0 Å². The van der Waals surface area contributed by atoms with Gasteiger partial charge in [-0.05, 0) is 38.3 Å². The Morgan fingerprint density at radius 1 is 1.40 bits per heavy atom. The van der Waals surface area contributed by atoms with Crippen LogP contribution in [0.4, 0.5) is 0 Å². The van der Waals surface area contributed by atoms with Crippen molar-refractivity contribution in [2.75, 3.05) is 0 Å². The zero-order valence-corrected chi connectivity index (χ0v) is 8.99. The maximum absolute atomic E-state index is 10.1. The number of fused-ring (bicyclic) bond motifs is 1. The van der Waals surface area contributed by atoms with Gasteiger partial charge in [0, 0.05) is 12.0 Å². The number of aryl methyl sites for hydroxylation is 1. The lowest BCUT2D eigenvalue weighted by molar-refractivity contribution is -0.0663. The first-order chi connectivity index (χ1) is 7.19. The van der Waals surface area contributed by atoms with Crippen molar-refractivity contribution in [1.82, 2.24) is 0 Å². The van der Waals surface area contributed by atoms with Crippen LogP contribution in [-0.4, -0.2) is 10.7 Å². The van der Waals surface area contributed by atoms with Gasteiger partial charge in [0.2, 0.25) is 0 Å². The number of hydrogen-bond donors (Lipinski definition) is 1. The Morgan fingerprint density at radius 3 is 2.87 bits per heavy atom. The summed E-state index contributed by atoms with van der Waals surface area (Å²) in [6.45, 7) is 2.04. The fraction of sp³-hybridized carbons (Fsp3) is 0.538. The lowest BCUT2D eigenvalue weighted by Crippen LogP contribution is -2.46. The fourth-order valence-electron chi connectivity index (χ4n) is 2.64. The maximum atomic E-state index is 10.1. The molecule has 0 amide bonds. The average Bonchev–Trinajstić information content (AvgIpc) is 2.16. The lowest BCUT2D eigenvalue weighted by atomic mass is 9.73. The molecule has 1 spiro atoms. The van der Waals surface area contributed by atoms with Gasteiger partial charge in [-0.3, -0.25) is 0 Å². The van der Waals surface area contributed by atoms with E-state index in [9.17, 15) is 5.11 Å². The molecular formula is C13H16O2. The third-order valence-corrected chi connectivity index (χ3v) is 3.68. The first kappa shape index (κ1) is 9.22. The van der Waals surface area contributed by atoms with E-state index in [1.165, 1.54) is 12.0 Å². The summed E-state index contributed by atoms with van der Waals surface area (Å²) in [4.78, 5) is 0. The quantitative estimate of drug-likeness (QED) is 0.704. The summed E-state index contributed by atoms with van der Waals surface area (Å²) in [6.07, 6.45) is 3.85. The summed E-state index contributed by atoms with van der Waals surface area (Å²) in [5.41, 5.74) is 2.11. The van der Waals surface area contributed by atoms with Crippen LogP contribution in [0.3, 0.4) is 0 Å². The Hall–Kier alpha value is -1.02. The average molecular weight is 204 g/mol. The zero-order valence-electron chi connectivity index (χ0n) is 8.99. The van der Waals surface area contributed by atoms with Gasteiger partial charge in [-0.25, -0.2) is 0 Å². The van der Waals surface area contributed by atoms with E-state index in [-0.39, 0.29) is 11.7 Å². The van der Waals surface area contributed by atoms with Gasteiger partial charge in [-0.2, -0.15) is 0 Å². The SMILES string of the molecule is Cc1ccc2c(c1)C(O)CC1(CCC1)O2. The highest BCUT2D eigenvalue weighted by Crippen LogP contribution is 2.48. The van der Waals surface area contributed by atoms with Crippen LogP contribution in [0.2, 0.25) is 0 Å². The van der Waals surface area contributed by atoms with Crippen molar-refractivity contribution in [2.45, 2.75) is 44.3 Å². The van der Waals surface area contributed by atoms with Crippen LogP contribution in [0.15, 0.2) is 18.2 Å². The molecule has 1 unspecified atom stereocenters. The van der Waals surface area contributed by atoms with Gasteiger partial charge >= 0.3 is 0 Å².